The molecule has 1 unspecified atom stereocenters. The third kappa shape index (κ3) is 9.05. The van der Waals surface area contributed by atoms with Crippen molar-refractivity contribution in [1.29, 1.82) is 0 Å². The second-order valence-corrected chi connectivity index (χ2v) is 49.4. The Morgan fingerprint density at radius 1 is 0.677 bits per heavy atom. The van der Waals surface area contributed by atoms with Crippen LogP contribution in [-0.2, 0) is 4.74 Å². The summed E-state index contributed by atoms with van der Waals surface area (Å²) in [6.07, 6.45) is 2.10. The van der Waals surface area contributed by atoms with Crippen LogP contribution < -0.4 is 4.99 Å². The van der Waals surface area contributed by atoms with E-state index in [1.165, 1.54) is 0 Å². The number of halogens is 6. The minimum absolute atomic E-state index is 0.0106. The Kier molecular flexibility index (Phi) is 8.53. The Hall–Kier alpha value is -0.591. The van der Waals surface area contributed by atoms with E-state index in [1.807, 2.05) is 72.8 Å². The predicted octanol–water partition coefficient (Wildman–Crippen LogP) is 7.05. The van der Waals surface area contributed by atoms with Crippen LogP contribution in [0.5, 0.6) is 0 Å². The van der Waals surface area contributed by atoms with E-state index in [1.54, 1.807) is 0 Å². The van der Waals surface area contributed by atoms with Gasteiger partial charge in [0.15, 0.2) is 0 Å². The first kappa shape index (κ1) is 25.0. The van der Waals surface area contributed by atoms with Gasteiger partial charge in [0.2, 0.25) is 6.04 Å². The molecule has 0 saturated heterocycles. The molecule has 0 bridgehead atoms. The van der Waals surface area contributed by atoms with E-state index in [-0.39, 0.29) is 6.04 Å². The molecule has 31 heavy (non-hydrogen) atoms. The zero-order chi connectivity index (χ0) is 22.5. The zero-order valence-corrected chi connectivity index (χ0v) is 23.3. The minimum atomic E-state index is -4.40. The van der Waals surface area contributed by atoms with Crippen molar-refractivity contribution in [2.75, 3.05) is 0 Å². The fraction of sp³-hybridized carbons (Fsp3) is 0.0455. The van der Waals surface area contributed by atoms with Gasteiger partial charge in [0.05, 0.1) is 5.56 Å². The quantitative estimate of drug-likeness (QED) is 0.305. The van der Waals surface area contributed by atoms with E-state index < -0.39 is 11.4 Å². The van der Waals surface area contributed by atoms with Gasteiger partial charge in [0.1, 0.15) is 5.76 Å². The molecular weight excluding hydrogens is 626 g/mol. The second-order valence-electron chi connectivity index (χ2n) is 6.58. The van der Waals surface area contributed by atoms with E-state index in [0.717, 1.165) is 33.4 Å². The fourth-order valence-corrected chi connectivity index (χ4v) is 2.97. The van der Waals surface area contributed by atoms with Crippen LogP contribution in [0.4, 0.5) is 0 Å². The molecule has 0 radical (unpaired) electrons. The summed E-state index contributed by atoms with van der Waals surface area (Å²) in [6.45, 7) is 0. The third-order valence-electron chi connectivity index (χ3n) is 4.14. The van der Waals surface area contributed by atoms with Gasteiger partial charge in [-0.1, -0.05) is 72.3 Å². The summed E-state index contributed by atoms with van der Waals surface area (Å²) >= 11 is 1.63. The van der Waals surface area contributed by atoms with E-state index >= 15 is 0 Å². The Morgan fingerprint density at radius 3 is 1.68 bits per heavy atom. The molecule has 1 heterocycles. The maximum absolute atomic E-state index is 6.17. The molecule has 1 aliphatic rings. The van der Waals surface area contributed by atoms with Gasteiger partial charge >= 0.3 is 61.9 Å². The second kappa shape index (κ2) is 10.6. The molecule has 9 heteroatoms. The number of hydrogen-bond donors (Lipinski definition) is 1. The molecule has 1 aliphatic heterocycles. The summed E-state index contributed by atoms with van der Waals surface area (Å²) in [5.41, 5.74) is 3.20. The fourth-order valence-electron chi connectivity index (χ4n) is 2.85. The molecule has 3 aromatic rings. The van der Waals surface area contributed by atoms with Crippen LogP contribution in [0.1, 0.15) is 22.7 Å². The molecule has 162 valence electrons. The number of benzene rings is 3. The van der Waals surface area contributed by atoms with E-state index in [0.29, 0.717) is 0 Å². The standard InChI is InChI=1S/C22H16ClNO.5ClH.Sn/c23-19-13-11-16(12-14-19)20-15-21(17-7-3-1-4-8-17)25-22(24-20)18-9-5-2-6-10-18;;;;;;/h1-15,20H;5*1H;/q;;;;;;+4/p-4. The van der Waals surface area contributed by atoms with Gasteiger partial charge in [0.25, 0.3) is 0 Å². The molecule has 0 amide bonds. The summed E-state index contributed by atoms with van der Waals surface area (Å²) in [5.74, 6) is 1.60. The Balaban J connectivity index is 0.000000401. The van der Waals surface area contributed by atoms with Crippen LogP contribution in [0.15, 0.2) is 91.0 Å². The average molecular weight is 643 g/mol. The van der Waals surface area contributed by atoms with Crippen LogP contribution in [-0.4, -0.2) is 17.3 Å². The van der Waals surface area contributed by atoms with Crippen molar-refractivity contribution < 1.29 is 9.73 Å². The molecule has 0 fully saturated rings. The summed E-state index contributed by atoms with van der Waals surface area (Å²) in [7, 11) is 25.3. The van der Waals surface area contributed by atoms with E-state index in [2.05, 4.69) is 23.2 Å². The van der Waals surface area contributed by atoms with Crippen LogP contribution in [0.3, 0.4) is 0 Å². The van der Waals surface area contributed by atoms with Gasteiger partial charge in [-0.2, -0.15) is 4.99 Å². The van der Waals surface area contributed by atoms with Gasteiger partial charge in [-0.15, -0.1) is 0 Å². The summed E-state index contributed by atoms with van der Waals surface area (Å²) in [5, 5.41) is 0.732. The van der Waals surface area contributed by atoms with E-state index in [9.17, 15) is 0 Å². The molecule has 1 atom stereocenters. The molecule has 4 rings (SSSR count). The molecule has 0 saturated carbocycles. The molecule has 0 spiro atoms. The first-order valence-electron chi connectivity index (χ1n) is 9.13. The maximum atomic E-state index is 6.17. The Morgan fingerprint density at radius 2 is 1.16 bits per heavy atom. The Labute approximate surface area is 205 Å². The number of ether oxygens (including phenoxy) is 1. The number of hydrogen-bond acceptors (Lipinski definition) is 1. The molecule has 3 aromatic carbocycles. The predicted molar refractivity (Wildman–Crippen MR) is 136 cm³/mol. The average Bonchev–Trinajstić information content (AvgIpc) is 2.73. The summed E-state index contributed by atoms with van der Waals surface area (Å²) in [6, 6.07) is 28.1. The first-order chi connectivity index (χ1) is 14.5. The van der Waals surface area contributed by atoms with Crippen molar-refractivity contribution in [1.82, 2.24) is 0 Å². The zero-order valence-electron chi connectivity index (χ0n) is 15.9. The van der Waals surface area contributed by atoms with Gasteiger partial charge in [-0.25, -0.2) is 0 Å². The van der Waals surface area contributed by atoms with Crippen molar-refractivity contribution >= 4 is 79.2 Å². The molecule has 2 nitrogen and oxygen atoms in total. The molecule has 0 aliphatic carbocycles. The van der Waals surface area contributed by atoms with Gasteiger partial charge < -0.3 is 4.74 Å². The van der Waals surface area contributed by atoms with Crippen LogP contribution in [0.2, 0.25) is 5.02 Å². The van der Waals surface area contributed by atoms with Gasteiger partial charge in [-0.3, -0.25) is 0 Å². The number of rotatable bonds is 3. The Bertz CT molecular complexity index is 1010. The normalized spacial score (nSPS) is 17.1. The van der Waals surface area contributed by atoms with Gasteiger partial charge in [-0.05, 0) is 24.3 Å². The van der Waals surface area contributed by atoms with Gasteiger partial charge in [0, 0.05) is 22.2 Å². The topological polar surface area (TPSA) is 23.2 Å². The molecular formula is C22H17Cl6NOSn. The van der Waals surface area contributed by atoms with Crippen LogP contribution >= 0.6 is 56.2 Å². The van der Waals surface area contributed by atoms with Crippen molar-refractivity contribution in [3.63, 3.8) is 0 Å². The molecule has 1 N–H and O–H groups in total. The van der Waals surface area contributed by atoms with Crippen molar-refractivity contribution in [3.05, 3.63) is 113 Å². The first-order valence-corrected chi connectivity index (χ1v) is 27.6. The van der Waals surface area contributed by atoms with Crippen molar-refractivity contribution in [2.24, 2.45) is 0 Å². The third-order valence-corrected chi connectivity index (χ3v) is 4.39. The monoisotopic (exact) mass is 641 g/mol. The van der Waals surface area contributed by atoms with Crippen molar-refractivity contribution in [3.8, 4) is 0 Å². The van der Waals surface area contributed by atoms with Crippen molar-refractivity contribution in [2.45, 2.75) is 6.04 Å². The van der Waals surface area contributed by atoms with Crippen LogP contribution in [0.25, 0.3) is 5.76 Å². The van der Waals surface area contributed by atoms with E-state index in [4.69, 9.17) is 60.9 Å². The SMILES string of the molecule is Clc1ccc(C2C=C(c3ccccc3)OC(c3ccccc3)=[NH+]2)cc1.[Cl][Sn-]([Cl])([Cl])([Cl])[Cl]. The summed E-state index contributed by atoms with van der Waals surface area (Å²) < 4.78 is 6.17. The number of nitrogens with one attached hydrogen (secondary N) is 1. The molecule has 0 aromatic heterocycles. The summed E-state index contributed by atoms with van der Waals surface area (Å²) in [4.78, 5) is 3.48. The van der Waals surface area contributed by atoms with Crippen LogP contribution in [0, 0.1) is 0 Å².